The molecule has 0 fully saturated rings. The molecule has 0 aliphatic rings. The number of aliphatic carboxylic acids is 2. The van der Waals surface area contributed by atoms with Crippen molar-refractivity contribution < 1.29 is 19.8 Å². The standard InChI is InChI=1S/C18H30O4/c1-4-7-8-9-10-11-12-13-14-18(6-3,17(21)22)15(5-2)16(19)20/h5-6,15H,2-4,7-14H2,1H3,(H,19,20)(H,21,22). The highest BCUT2D eigenvalue weighted by atomic mass is 16.4. The van der Waals surface area contributed by atoms with Crippen molar-refractivity contribution in [1.29, 1.82) is 0 Å². The first-order valence-electron chi connectivity index (χ1n) is 8.18. The molecule has 0 bridgehead atoms. The predicted octanol–water partition coefficient (Wildman–Crippen LogP) is 4.66. The Morgan fingerprint density at radius 3 is 1.86 bits per heavy atom. The van der Waals surface area contributed by atoms with Crippen LogP contribution in [-0.2, 0) is 9.59 Å². The molecule has 2 N–H and O–H groups in total. The van der Waals surface area contributed by atoms with Crippen molar-refractivity contribution in [3.05, 3.63) is 25.3 Å². The van der Waals surface area contributed by atoms with Crippen LogP contribution in [0, 0.1) is 11.3 Å². The van der Waals surface area contributed by atoms with Crippen molar-refractivity contribution in [2.45, 2.75) is 64.7 Å². The minimum absolute atomic E-state index is 0.282. The lowest BCUT2D eigenvalue weighted by Crippen LogP contribution is -2.40. The highest BCUT2D eigenvalue weighted by Crippen LogP contribution is 2.37. The third kappa shape index (κ3) is 6.04. The van der Waals surface area contributed by atoms with Gasteiger partial charge in [0.1, 0.15) is 5.41 Å². The maximum absolute atomic E-state index is 11.6. The van der Waals surface area contributed by atoms with Gasteiger partial charge in [-0.25, -0.2) is 0 Å². The molecule has 4 heteroatoms. The molecule has 0 aliphatic carbocycles. The molecule has 0 rings (SSSR count). The zero-order valence-corrected chi connectivity index (χ0v) is 13.7. The average molecular weight is 310 g/mol. The normalized spacial score (nSPS) is 14.8. The van der Waals surface area contributed by atoms with Gasteiger partial charge in [0.25, 0.3) is 0 Å². The molecule has 0 amide bonds. The summed E-state index contributed by atoms with van der Waals surface area (Å²) in [5.74, 6) is -3.46. The summed E-state index contributed by atoms with van der Waals surface area (Å²) >= 11 is 0. The van der Waals surface area contributed by atoms with E-state index >= 15 is 0 Å². The summed E-state index contributed by atoms with van der Waals surface area (Å²) < 4.78 is 0. The van der Waals surface area contributed by atoms with Crippen molar-refractivity contribution in [2.24, 2.45) is 11.3 Å². The van der Waals surface area contributed by atoms with Crippen LogP contribution in [0.5, 0.6) is 0 Å². The van der Waals surface area contributed by atoms with Gasteiger partial charge >= 0.3 is 11.9 Å². The van der Waals surface area contributed by atoms with Gasteiger partial charge < -0.3 is 10.2 Å². The molecular formula is C18H30O4. The molecule has 0 radical (unpaired) electrons. The fourth-order valence-electron chi connectivity index (χ4n) is 2.79. The SMILES string of the molecule is C=CC(C(=O)O)C(C=C)(CCCCCCCCCC)C(=O)O. The van der Waals surface area contributed by atoms with Crippen molar-refractivity contribution in [3.63, 3.8) is 0 Å². The number of carboxylic acid groups (broad SMARTS) is 2. The Morgan fingerprint density at radius 1 is 1.00 bits per heavy atom. The molecular weight excluding hydrogens is 280 g/mol. The van der Waals surface area contributed by atoms with Crippen molar-refractivity contribution in [3.8, 4) is 0 Å². The van der Waals surface area contributed by atoms with Crippen LogP contribution in [0.3, 0.4) is 0 Å². The molecule has 0 aromatic heterocycles. The van der Waals surface area contributed by atoms with Crippen molar-refractivity contribution in [1.82, 2.24) is 0 Å². The Bertz CT molecular complexity index is 375. The Hall–Kier alpha value is -1.58. The highest BCUT2D eigenvalue weighted by molar-refractivity contribution is 5.86. The molecule has 4 nitrogen and oxygen atoms in total. The molecule has 0 heterocycles. The van der Waals surface area contributed by atoms with Crippen LogP contribution in [0.2, 0.25) is 0 Å². The maximum atomic E-state index is 11.6. The van der Waals surface area contributed by atoms with Crippen LogP contribution in [0.4, 0.5) is 0 Å². The molecule has 126 valence electrons. The summed E-state index contributed by atoms with van der Waals surface area (Å²) in [6.07, 6.45) is 11.5. The average Bonchev–Trinajstić information content (AvgIpc) is 2.48. The van der Waals surface area contributed by atoms with Gasteiger partial charge in [0.15, 0.2) is 0 Å². The Kier molecular flexibility index (Phi) is 10.3. The first-order valence-corrected chi connectivity index (χ1v) is 8.18. The third-order valence-corrected chi connectivity index (χ3v) is 4.26. The third-order valence-electron chi connectivity index (χ3n) is 4.26. The minimum Gasteiger partial charge on any atom is -0.481 e. The van der Waals surface area contributed by atoms with E-state index in [4.69, 9.17) is 0 Å². The second-order valence-corrected chi connectivity index (χ2v) is 5.83. The molecule has 0 aromatic carbocycles. The van der Waals surface area contributed by atoms with Crippen LogP contribution < -0.4 is 0 Å². The number of hydrogen-bond donors (Lipinski definition) is 2. The summed E-state index contributed by atoms with van der Waals surface area (Å²) in [5, 5.41) is 18.7. The maximum Gasteiger partial charge on any atom is 0.314 e. The predicted molar refractivity (Wildman–Crippen MR) is 88.8 cm³/mol. The Balaban J connectivity index is 4.44. The van der Waals surface area contributed by atoms with Gasteiger partial charge in [-0.05, 0) is 6.42 Å². The summed E-state index contributed by atoms with van der Waals surface area (Å²) in [6.45, 7) is 9.22. The van der Waals surface area contributed by atoms with Gasteiger partial charge in [0.2, 0.25) is 0 Å². The largest absolute Gasteiger partial charge is 0.481 e. The van der Waals surface area contributed by atoms with Crippen LogP contribution in [-0.4, -0.2) is 22.2 Å². The summed E-state index contributed by atoms with van der Waals surface area (Å²) in [5.41, 5.74) is -1.46. The van der Waals surface area contributed by atoms with Gasteiger partial charge in [0.05, 0.1) is 5.92 Å². The second-order valence-electron chi connectivity index (χ2n) is 5.83. The first-order chi connectivity index (χ1) is 10.5. The van der Waals surface area contributed by atoms with E-state index in [1.807, 2.05) is 0 Å². The van der Waals surface area contributed by atoms with Gasteiger partial charge in [-0.3, -0.25) is 9.59 Å². The lowest BCUT2D eigenvalue weighted by Gasteiger charge is -2.30. The lowest BCUT2D eigenvalue weighted by atomic mass is 9.71. The molecule has 0 spiro atoms. The number of rotatable bonds is 14. The zero-order chi connectivity index (χ0) is 17.0. The van der Waals surface area contributed by atoms with Crippen molar-refractivity contribution >= 4 is 11.9 Å². The summed E-state index contributed by atoms with van der Waals surface area (Å²) in [4.78, 5) is 22.9. The van der Waals surface area contributed by atoms with Crippen LogP contribution in [0.25, 0.3) is 0 Å². The molecule has 0 saturated carbocycles. The molecule has 0 aliphatic heterocycles. The smallest absolute Gasteiger partial charge is 0.314 e. The molecule has 2 unspecified atom stereocenters. The Labute approximate surface area is 133 Å². The number of hydrogen-bond acceptors (Lipinski definition) is 2. The minimum atomic E-state index is -1.46. The quantitative estimate of drug-likeness (QED) is 0.361. The van der Waals surface area contributed by atoms with Crippen molar-refractivity contribution in [2.75, 3.05) is 0 Å². The number of unbranched alkanes of at least 4 members (excludes halogenated alkanes) is 7. The van der Waals surface area contributed by atoms with E-state index in [1.54, 1.807) is 0 Å². The monoisotopic (exact) mass is 310 g/mol. The summed E-state index contributed by atoms with van der Waals surface area (Å²) in [7, 11) is 0. The zero-order valence-electron chi connectivity index (χ0n) is 13.7. The Morgan fingerprint density at radius 2 is 1.50 bits per heavy atom. The lowest BCUT2D eigenvalue weighted by molar-refractivity contribution is -0.157. The van der Waals surface area contributed by atoms with Crippen LogP contribution in [0.15, 0.2) is 25.3 Å². The van der Waals surface area contributed by atoms with Gasteiger partial charge in [-0.2, -0.15) is 0 Å². The molecule has 22 heavy (non-hydrogen) atoms. The van der Waals surface area contributed by atoms with Gasteiger partial charge in [0, 0.05) is 0 Å². The summed E-state index contributed by atoms with van der Waals surface area (Å²) in [6, 6.07) is 0. The van der Waals surface area contributed by atoms with E-state index < -0.39 is 23.3 Å². The van der Waals surface area contributed by atoms with Gasteiger partial charge in [-0.1, -0.05) is 70.4 Å². The van der Waals surface area contributed by atoms with Crippen LogP contribution >= 0.6 is 0 Å². The molecule has 0 saturated heterocycles. The number of carboxylic acids is 2. The van der Waals surface area contributed by atoms with Gasteiger partial charge in [-0.15, -0.1) is 13.2 Å². The number of carbonyl (C=O) groups is 2. The van der Waals surface area contributed by atoms with E-state index in [2.05, 4.69) is 20.1 Å². The van der Waals surface area contributed by atoms with E-state index in [1.165, 1.54) is 37.8 Å². The fraction of sp³-hybridized carbons (Fsp3) is 0.667. The second kappa shape index (κ2) is 11.0. The highest BCUT2D eigenvalue weighted by Gasteiger charge is 2.45. The van der Waals surface area contributed by atoms with Crippen LogP contribution in [0.1, 0.15) is 64.7 Å². The van der Waals surface area contributed by atoms with E-state index in [-0.39, 0.29) is 6.42 Å². The van der Waals surface area contributed by atoms with E-state index in [0.717, 1.165) is 19.3 Å². The van der Waals surface area contributed by atoms with E-state index in [0.29, 0.717) is 6.42 Å². The molecule has 0 aromatic rings. The topological polar surface area (TPSA) is 74.6 Å². The first kappa shape index (κ1) is 20.4. The van der Waals surface area contributed by atoms with E-state index in [9.17, 15) is 19.8 Å². The fourth-order valence-corrected chi connectivity index (χ4v) is 2.79. The molecule has 2 atom stereocenters.